The van der Waals surface area contributed by atoms with Crippen LogP contribution in [-0.2, 0) is 51.5 Å². The van der Waals surface area contributed by atoms with Gasteiger partial charge in [-0.25, -0.2) is 9.78 Å². The Kier molecular flexibility index (Phi) is 21.7. The highest BCUT2D eigenvalue weighted by Gasteiger charge is 2.42. The van der Waals surface area contributed by atoms with Crippen LogP contribution in [0, 0.1) is 0 Å². The number of piperazine rings is 1. The summed E-state index contributed by atoms with van der Waals surface area (Å²) in [5, 5.41) is 15.3. The second-order valence-electron chi connectivity index (χ2n) is 18.7. The van der Waals surface area contributed by atoms with E-state index in [0.29, 0.717) is 115 Å². The van der Waals surface area contributed by atoms with Gasteiger partial charge in [-0.05, 0) is 74.4 Å². The van der Waals surface area contributed by atoms with Crippen LogP contribution in [0.15, 0.2) is 77.9 Å². The zero-order valence-electron chi connectivity index (χ0n) is 42.2. The summed E-state index contributed by atoms with van der Waals surface area (Å²) in [6.07, 6.45) is 14.9. The second-order valence-corrected chi connectivity index (χ2v) is 18.7. The van der Waals surface area contributed by atoms with Crippen molar-refractivity contribution >= 4 is 40.4 Å². The fourth-order valence-corrected chi connectivity index (χ4v) is 9.53. The molecule has 3 saturated heterocycles. The maximum Gasteiger partial charge on any atom is 0.329 e. The smallest absolute Gasteiger partial charge is 0.329 e. The molecule has 4 aromatic rings. The van der Waals surface area contributed by atoms with Crippen LogP contribution in [-0.4, -0.2) is 152 Å². The van der Waals surface area contributed by atoms with E-state index >= 15 is 0 Å². The van der Waals surface area contributed by atoms with Crippen molar-refractivity contribution in [1.29, 1.82) is 0 Å². The number of aryl methyl sites for hydroxylation is 2. The molecule has 7 rings (SSSR count). The number of hydrogen-bond donors (Lipinski definition) is 3. The predicted molar refractivity (Wildman–Crippen MR) is 274 cm³/mol. The van der Waals surface area contributed by atoms with Crippen molar-refractivity contribution in [2.24, 2.45) is 7.05 Å². The number of phenolic OH excluding ortho intramolecular Hbond substituents is 1. The Morgan fingerprint density at radius 3 is 2.18 bits per heavy atom. The lowest BCUT2D eigenvalue weighted by atomic mass is 10.1. The van der Waals surface area contributed by atoms with Gasteiger partial charge in [0, 0.05) is 82.8 Å². The van der Waals surface area contributed by atoms with Crippen molar-refractivity contribution in [2.75, 3.05) is 97.2 Å². The van der Waals surface area contributed by atoms with Gasteiger partial charge in [-0.2, -0.15) is 0 Å². The van der Waals surface area contributed by atoms with E-state index in [1.165, 1.54) is 10.6 Å². The molecule has 19 heteroatoms. The normalized spacial score (nSPS) is 17.6. The van der Waals surface area contributed by atoms with Crippen molar-refractivity contribution in [3.8, 4) is 11.5 Å². The first-order valence-electron chi connectivity index (χ1n) is 26.0. The van der Waals surface area contributed by atoms with Crippen molar-refractivity contribution in [3.63, 3.8) is 0 Å². The van der Waals surface area contributed by atoms with Gasteiger partial charge in [-0.1, -0.05) is 43.9 Å². The number of ether oxygens (including phenoxy) is 6. The fraction of sp³-hybridized carbons (Fsp3) is 0.556. The molecule has 0 spiro atoms. The van der Waals surface area contributed by atoms with Gasteiger partial charge < -0.3 is 48.6 Å². The lowest BCUT2D eigenvalue weighted by molar-refractivity contribution is -0.135. The molecule has 2 aromatic heterocycles. The number of imide groups is 1. The first-order valence-corrected chi connectivity index (χ1v) is 26.0. The standard InChI is InChI=1S/C54H73N7O12/c1-58-47-35-40(15-16-45(47)61(54(58)67)46-17-18-52(65)57-53(46)66)11-10-24-68-27-29-70-31-33-72-34-32-71-30-28-69-26-22-56-51(64)14-6-4-2-3-5-9-25-73-43-19-21-55-50(37-43)60-39-41-36-42(60)38-59(41)23-20-49(63)44-12-7-8-13-48(44)62/h7-8,12-13,15-16,19-21,23,35,37,41-42,46,62H,2-6,9-11,14,17-18,22,24-34,36,38-39H2,1H3,(H,56,64)(H,57,65,66)/b23-20+/t41-,42-,46?/m1/s1. The zero-order valence-corrected chi connectivity index (χ0v) is 42.2. The number of benzene rings is 2. The van der Waals surface area contributed by atoms with Gasteiger partial charge >= 0.3 is 5.69 Å². The molecular weight excluding hydrogens is 939 g/mol. The molecular formula is C54H73N7O12. The van der Waals surface area contributed by atoms with Crippen LogP contribution in [0.1, 0.15) is 92.6 Å². The number of rotatable bonds is 34. The summed E-state index contributed by atoms with van der Waals surface area (Å²) in [5.74, 6) is 0.819. The van der Waals surface area contributed by atoms with Crippen molar-refractivity contribution in [3.05, 3.63) is 94.7 Å². The summed E-state index contributed by atoms with van der Waals surface area (Å²) in [6.45, 7) is 7.42. The minimum absolute atomic E-state index is 0.00612. The molecule has 3 amide bonds. The highest BCUT2D eigenvalue weighted by Crippen LogP contribution is 2.35. The number of amides is 3. The Hall–Kier alpha value is -6.12. The first-order chi connectivity index (χ1) is 35.7. The second kappa shape index (κ2) is 28.9. The number of carbonyl (C=O) groups is 4. The number of nitrogens with zero attached hydrogens (tertiary/aromatic N) is 5. The average molecular weight is 1010 g/mol. The van der Waals surface area contributed by atoms with E-state index in [4.69, 9.17) is 28.4 Å². The Bertz CT molecular complexity index is 2510. The van der Waals surface area contributed by atoms with Crippen LogP contribution in [0.4, 0.5) is 5.82 Å². The van der Waals surface area contributed by atoms with Gasteiger partial charge in [-0.15, -0.1) is 0 Å². The number of phenols is 1. The molecule has 3 fully saturated rings. The van der Waals surface area contributed by atoms with Crippen LogP contribution in [0.3, 0.4) is 0 Å². The lowest BCUT2D eigenvalue weighted by Gasteiger charge is -2.34. The minimum Gasteiger partial charge on any atom is -0.507 e. The molecule has 0 saturated carbocycles. The van der Waals surface area contributed by atoms with Crippen molar-refractivity contribution in [2.45, 2.75) is 95.2 Å². The number of aromatic nitrogens is 3. The van der Waals surface area contributed by atoms with Gasteiger partial charge in [-0.3, -0.25) is 33.6 Å². The summed E-state index contributed by atoms with van der Waals surface area (Å²) in [4.78, 5) is 71.0. The van der Waals surface area contributed by atoms with E-state index in [1.54, 1.807) is 42.1 Å². The SMILES string of the molecule is Cn1c(=O)n(C2CCC(=O)NC2=O)c2ccc(CCCOCCOCCOCCOCCOCCNC(=O)CCCCCCCCOc3ccnc(N4C[C@H]5C[C@@H]4CN5/C=C/C(=O)c4ccccc4O)c3)cc21. The highest BCUT2D eigenvalue weighted by atomic mass is 16.6. The Morgan fingerprint density at radius 1 is 0.767 bits per heavy atom. The van der Waals surface area contributed by atoms with Gasteiger partial charge in [0.15, 0.2) is 5.78 Å². The molecule has 1 unspecified atom stereocenters. The Morgan fingerprint density at radius 2 is 1.47 bits per heavy atom. The number of hydrogen-bond acceptors (Lipinski definition) is 15. The topological polar surface area (TPSA) is 214 Å². The number of unbranched alkanes of at least 4 members (excludes halogenated alkanes) is 5. The lowest BCUT2D eigenvalue weighted by Crippen LogP contribution is -2.44. The minimum atomic E-state index is -0.698. The van der Waals surface area contributed by atoms with Crippen LogP contribution >= 0.6 is 0 Å². The number of para-hydroxylation sites is 1. The number of pyridine rings is 1. The molecule has 3 aliphatic rings. The summed E-state index contributed by atoms with van der Waals surface area (Å²) in [6, 6.07) is 16.2. The summed E-state index contributed by atoms with van der Waals surface area (Å²) in [5.41, 5.74) is 2.52. The van der Waals surface area contributed by atoms with E-state index < -0.39 is 11.9 Å². The molecule has 396 valence electrons. The molecule has 19 nitrogen and oxygen atoms in total. The van der Waals surface area contributed by atoms with E-state index in [9.17, 15) is 29.1 Å². The number of fused-ring (bicyclic) bond motifs is 3. The molecule has 3 N–H and O–H groups in total. The van der Waals surface area contributed by atoms with Crippen molar-refractivity contribution < 1.29 is 52.7 Å². The molecule has 2 aromatic carbocycles. The van der Waals surface area contributed by atoms with Gasteiger partial charge in [0.1, 0.15) is 23.4 Å². The number of imidazole rings is 1. The van der Waals surface area contributed by atoms with E-state index in [-0.39, 0.29) is 35.5 Å². The zero-order chi connectivity index (χ0) is 51.2. The predicted octanol–water partition coefficient (Wildman–Crippen LogP) is 5.02. The van der Waals surface area contributed by atoms with E-state index in [0.717, 1.165) is 93.5 Å². The van der Waals surface area contributed by atoms with Crippen LogP contribution in [0.2, 0.25) is 0 Å². The third kappa shape index (κ3) is 16.4. The number of nitrogens with one attached hydrogen (secondary N) is 2. The number of anilines is 1. The molecule has 0 radical (unpaired) electrons. The number of allylic oxidation sites excluding steroid dienone is 1. The summed E-state index contributed by atoms with van der Waals surface area (Å²) in [7, 11) is 1.69. The summed E-state index contributed by atoms with van der Waals surface area (Å²) < 4.78 is 37.1. The van der Waals surface area contributed by atoms with Gasteiger partial charge in [0.2, 0.25) is 17.7 Å². The number of carbonyl (C=O) groups excluding carboxylic acids is 4. The number of ketones is 1. The Labute approximate surface area is 427 Å². The molecule has 3 atom stereocenters. The van der Waals surface area contributed by atoms with Crippen molar-refractivity contribution in [1.82, 2.24) is 29.7 Å². The fourth-order valence-electron chi connectivity index (χ4n) is 9.53. The van der Waals surface area contributed by atoms with Crippen LogP contribution < -0.4 is 26.0 Å². The maximum atomic E-state index is 13.0. The van der Waals surface area contributed by atoms with E-state index in [2.05, 4.69) is 25.4 Å². The average Bonchev–Trinajstić information content (AvgIpc) is 4.07. The van der Waals surface area contributed by atoms with Gasteiger partial charge in [0.25, 0.3) is 0 Å². The third-order valence-electron chi connectivity index (χ3n) is 13.4. The molecule has 73 heavy (non-hydrogen) atoms. The Balaban J connectivity index is 0.595. The van der Waals surface area contributed by atoms with E-state index in [1.807, 2.05) is 36.5 Å². The first kappa shape index (κ1) is 54.6. The quantitative estimate of drug-likeness (QED) is 0.0243. The highest BCUT2D eigenvalue weighted by molar-refractivity contribution is 6.06. The molecule has 3 aliphatic heterocycles. The summed E-state index contributed by atoms with van der Waals surface area (Å²) >= 11 is 0. The largest absolute Gasteiger partial charge is 0.507 e. The molecule has 2 bridgehead atoms. The number of likely N-dealkylation sites (tertiary alicyclic amines) is 1. The number of piperidine rings is 1. The van der Waals surface area contributed by atoms with Crippen LogP contribution in [0.25, 0.3) is 11.0 Å². The van der Waals surface area contributed by atoms with Gasteiger partial charge in [0.05, 0.1) is 82.7 Å². The van der Waals surface area contributed by atoms with Crippen LogP contribution in [0.5, 0.6) is 11.5 Å². The third-order valence-corrected chi connectivity index (χ3v) is 13.4. The molecule has 0 aliphatic carbocycles. The maximum absolute atomic E-state index is 13.0. The number of aromatic hydroxyl groups is 1. The monoisotopic (exact) mass is 1010 g/mol. The molecule has 5 heterocycles.